The number of thiazole rings is 1. The van der Waals surface area contributed by atoms with Crippen molar-refractivity contribution in [3.8, 4) is 22.6 Å². The van der Waals surface area contributed by atoms with Crippen molar-refractivity contribution < 1.29 is 9.32 Å². The van der Waals surface area contributed by atoms with Gasteiger partial charge in [0.15, 0.2) is 0 Å². The normalized spacial score (nSPS) is 11.9. The van der Waals surface area contributed by atoms with Crippen LogP contribution < -0.4 is 5.32 Å². The van der Waals surface area contributed by atoms with Crippen LogP contribution in [0.15, 0.2) is 64.5 Å². The Hall–Kier alpha value is -3.32. The third-order valence-corrected chi connectivity index (χ3v) is 5.48. The maximum Gasteiger partial charge on any atom is 0.251 e. The largest absolute Gasteiger partial charge is 0.341 e. The van der Waals surface area contributed by atoms with Crippen molar-refractivity contribution in [1.82, 2.24) is 20.4 Å². The first-order valence-electron chi connectivity index (χ1n) is 9.38. The monoisotopic (exact) mass is 404 g/mol. The lowest BCUT2D eigenvalue weighted by atomic mass is 10.1. The van der Waals surface area contributed by atoms with E-state index in [9.17, 15) is 4.79 Å². The fourth-order valence-electron chi connectivity index (χ4n) is 2.86. The van der Waals surface area contributed by atoms with Gasteiger partial charge in [0.2, 0.25) is 11.7 Å². The third kappa shape index (κ3) is 4.25. The number of amides is 1. The molecule has 7 heteroatoms. The molecule has 1 amide bonds. The molecule has 0 saturated carbocycles. The molecule has 0 spiro atoms. The topological polar surface area (TPSA) is 80.9 Å². The van der Waals surface area contributed by atoms with Gasteiger partial charge in [-0.25, -0.2) is 4.98 Å². The summed E-state index contributed by atoms with van der Waals surface area (Å²) in [5, 5.41) is 10.1. The molecular formula is C22H20N4O2S. The van der Waals surface area contributed by atoms with Crippen molar-refractivity contribution in [3.63, 3.8) is 0 Å². The number of benzene rings is 2. The summed E-state index contributed by atoms with van der Waals surface area (Å²) in [4.78, 5) is 21.3. The Balaban J connectivity index is 1.46. The van der Waals surface area contributed by atoms with Crippen LogP contribution in [0.25, 0.3) is 22.6 Å². The first-order chi connectivity index (χ1) is 14.1. The summed E-state index contributed by atoms with van der Waals surface area (Å²) in [6.45, 7) is 3.91. The van der Waals surface area contributed by atoms with Gasteiger partial charge >= 0.3 is 0 Å². The third-order valence-electron chi connectivity index (χ3n) is 4.49. The molecule has 146 valence electrons. The molecule has 2 aromatic carbocycles. The first kappa shape index (κ1) is 19.0. The minimum Gasteiger partial charge on any atom is -0.341 e. The lowest BCUT2D eigenvalue weighted by molar-refractivity contribution is 0.0932. The van der Waals surface area contributed by atoms with Crippen LogP contribution in [0, 0.1) is 0 Å². The highest BCUT2D eigenvalue weighted by atomic mass is 32.1. The summed E-state index contributed by atoms with van der Waals surface area (Å²) in [6.07, 6.45) is 0.938. The molecule has 0 radical (unpaired) electrons. The maximum absolute atomic E-state index is 12.3. The van der Waals surface area contributed by atoms with Crippen molar-refractivity contribution >= 4 is 17.2 Å². The van der Waals surface area contributed by atoms with Gasteiger partial charge < -0.3 is 9.84 Å². The molecule has 0 aliphatic heterocycles. The Bertz CT molecular complexity index is 1100. The van der Waals surface area contributed by atoms with E-state index >= 15 is 0 Å². The van der Waals surface area contributed by atoms with Gasteiger partial charge in [-0.1, -0.05) is 54.5 Å². The Kier molecular flexibility index (Phi) is 5.48. The molecule has 4 aromatic rings. The van der Waals surface area contributed by atoms with Crippen LogP contribution in [0.4, 0.5) is 0 Å². The van der Waals surface area contributed by atoms with Crippen LogP contribution in [-0.2, 0) is 6.42 Å². The lowest BCUT2D eigenvalue weighted by Gasteiger charge is -2.09. The molecule has 0 fully saturated rings. The lowest BCUT2D eigenvalue weighted by Crippen LogP contribution is -2.26. The second-order valence-corrected chi connectivity index (χ2v) is 7.52. The number of aromatic nitrogens is 3. The number of nitrogens with one attached hydrogen (secondary N) is 1. The van der Waals surface area contributed by atoms with Crippen LogP contribution in [0.2, 0.25) is 0 Å². The minimum absolute atomic E-state index is 0.183. The second-order valence-electron chi connectivity index (χ2n) is 6.57. The maximum atomic E-state index is 12.3. The zero-order chi connectivity index (χ0) is 20.2. The van der Waals surface area contributed by atoms with E-state index in [1.54, 1.807) is 23.5 Å². The van der Waals surface area contributed by atoms with Crippen LogP contribution in [0.5, 0.6) is 0 Å². The summed E-state index contributed by atoms with van der Waals surface area (Å²) in [7, 11) is 0. The molecule has 6 nitrogen and oxygen atoms in total. The quantitative estimate of drug-likeness (QED) is 0.494. The van der Waals surface area contributed by atoms with Gasteiger partial charge in [-0.2, -0.15) is 4.98 Å². The number of carbonyl (C=O) groups is 1. The van der Waals surface area contributed by atoms with E-state index in [0.717, 1.165) is 28.2 Å². The smallest absolute Gasteiger partial charge is 0.251 e. The summed E-state index contributed by atoms with van der Waals surface area (Å²) in [5.41, 5.74) is 3.46. The predicted octanol–water partition coefficient (Wildman–Crippen LogP) is 4.91. The molecule has 0 bridgehead atoms. The summed E-state index contributed by atoms with van der Waals surface area (Å²) in [6, 6.07) is 16.5. The predicted molar refractivity (Wildman–Crippen MR) is 113 cm³/mol. The number of hydrogen-bond donors (Lipinski definition) is 1. The molecule has 29 heavy (non-hydrogen) atoms. The standard InChI is InChI=1S/C22H20N4O2S/c1-3-19-24-18(13-29-19)15-9-11-16(12-10-15)20-25-22(28-26-20)14(2)23-21(27)17-7-5-4-6-8-17/h4-14H,3H2,1-2H3,(H,23,27)/t14-/m1/s1. The summed E-state index contributed by atoms with van der Waals surface area (Å²) in [5.74, 6) is 0.664. The van der Waals surface area contributed by atoms with E-state index < -0.39 is 6.04 Å². The number of aryl methyl sites for hydroxylation is 1. The number of nitrogens with zero attached hydrogens (tertiary/aromatic N) is 3. The average Bonchev–Trinajstić information content (AvgIpc) is 3.44. The van der Waals surface area contributed by atoms with Gasteiger partial charge in [-0.05, 0) is 25.5 Å². The molecule has 2 aromatic heterocycles. The molecule has 2 heterocycles. The number of hydrogen-bond acceptors (Lipinski definition) is 6. The van der Waals surface area contributed by atoms with Crippen LogP contribution in [0.1, 0.15) is 41.1 Å². The molecule has 0 aliphatic carbocycles. The van der Waals surface area contributed by atoms with Gasteiger partial charge in [0.05, 0.1) is 10.7 Å². The molecule has 0 aliphatic rings. The van der Waals surface area contributed by atoms with Crippen LogP contribution >= 0.6 is 11.3 Å². The van der Waals surface area contributed by atoms with Crippen molar-refractivity contribution in [1.29, 1.82) is 0 Å². The van der Waals surface area contributed by atoms with Crippen LogP contribution in [0.3, 0.4) is 0 Å². The van der Waals surface area contributed by atoms with Crippen LogP contribution in [-0.4, -0.2) is 21.0 Å². The van der Waals surface area contributed by atoms with E-state index in [2.05, 4.69) is 32.7 Å². The zero-order valence-electron chi connectivity index (χ0n) is 16.1. The highest BCUT2D eigenvalue weighted by Crippen LogP contribution is 2.25. The van der Waals surface area contributed by atoms with Crippen molar-refractivity contribution in [2.75, 3.05) is 0 Å². The summed E-state index contributed by atoms with van der Waals surface area (Å²) >= 11 is 1.67. The van der Waals surface area contributed by atoms with Gasteiger partial charge in [0.1, 0.15) is 6.04 Å². The zero-order valence-corrected chi connectivity index (χ0v) is 16.9. The Morgan fingerprint density at radius 1 is 1.07 bits per heavy atom. The van der Waals surface area contributed by atoms with Crippen molar-refractivity contribution in [3.05, 3.63) is 76.4 Å². The van der Waals surface area contributed by atoms with Crippen molar-refractivity contribution in [2.24, 2.45) is 0 Å². The van der Waals surface area contributed by atoms with E-state index in [1.165, 1.54) is 0 Å². The Morgan fingerprint density at radius 3 is 2.48 bits per heavy atom. The Labute approximate surface area is 172 Å². The fraction of sp³-hybridized carbons (Fsp3) is 0.182. The highest BCUT2D eigenvalue weighted by Gasteiger charge is 2.18. The number of carbonyl (C=O) groups excluding carboxylic acids is 1. The second kappa shape index (κ2) is 8.36. The Morgan fingerprint density at radius 2 is 1.79 bits per heavy atom. The number of rotatable bonds is 6. The van der Waals surface area contributed by atoms with E-state index in [1.807, 2.05) is 49.4 Å². The molecule has 1 atom stereocenters. The minimum atomic E-state index is -0.397. The molecule has 0 saturated heterocycles. The first-order valence-corrected chi connectivity index (χ1v) is 10.3. The molecule has 0 unspecified atom stereocenters. The highest BCUT2D eigenvalue weighted by molar-refractivity contribution is 7.09. The van der Waals surface area contributed by atoms with Gasteiger partial charge in [0, 0.05) is 22.1 Å². The van der Waals surface area contributed by atoms with Crippen molar-refractivity contribution in [2.45, 2.75) is 26.3 Å². The van der Waals surface area contributed by atoms with E-state index in [4.69, 9.17) is 4.52 Å². The SMILES string of the molecule is CCc1nc(-c2ccc(-c3noc([C@@H](C)NC(=O)c4ccccc4)n3)cc2)cs1. The van der Waals surface area contributed by atoms with E-state index in [-0.39, 0.29) is 5.91 Å². The molecular weight excluding hydrogens is 384 g/mol. The average molecular weight is 404 g/mol. The fourth-order valence-corrected chi connectivity index (χ4v) is 3.61. The van der Waals surface area contributed by atoms with Gasteiger partial charge in [-0.3, -0.25) is 4.79 Å². The molecule has 1 N–H and O–H groups in total. The van der Waals surface area contributed by atoms with Gasteiger partial charge in [0.25, 0.3) is 5.91 Å². The molecule has 4 rings (SSSR count). The summed E-state index contributed by atoms with van der Waals surface area (Å²) < 4.78 is 5.36. The van der Waals surface area contributed by atoms with E-state index in [0.29, 0.717) is 17.3 Å². The van der Waals surface area contributed by atoms with Gasteiger partial charge in [-0.15, -0.1) is 11.3 Å².